The van der Waals surface area contributed by atoms with E-state index < -0.39 is 0 Å². The number of hydrogen-bond acceptors (Lipinski definition) is 4. The molecule has 0 radical (unpaired) electrons. The second-order valence-electron chi connectivity index (χ2n) is 5.38. The highest BCUT2D eigenvalue weighted by Crippen LogP contribution is 2.22. The number of rotatable bonds is 5. The molecule has 0 aliphatic heterocycles. The summed E-state index contributed by atoms with van der Waals surface area (Å²) in [7, 11) is 3.41. The molecule has 1 aromatic heterocycles. The number of methoxy groups -OCH3 is 1. The van der Waals surface area contributed by atoms with Crippen LogP contribution in [0.1, 0.15) is 10.6 Å². The van der Waals surface area contributed by atoms with Gasteiger partial charge in [0.25, 0.3) is 0 Å². The summed E-state index contributed by atoms with van der Waals surface area (Å²) in [5.41, 5.74) is 1.90. The van der Waals surface area contributed by atoms with Crippen LogP contribution >= 0.6 is 11.3 Å². The molecule has 0 N–H and O–H groups in total. The zero-order valence-electron chi connectivity index (χ0n) is 13.6. The van der Waals surface area contributed by atoms with Crippen molar-refractivity contribution < 1.29 is 9.53 Å². The number of likely N-dealkylation sites (N-methyl/N-ethyl adjacent to an activating group) is 1. The highest BCUT2D eigenvalue weighted by atomic mass is 32.1. The first-order valence-corrected chi connectivity index (χ1v) is 8.39. The van der Waals surface area contributed by atoms with Crippen LogP contribution in [0.5, 0.6) is 5.75 Å². The predicted octanol–water partition coefficient (Wildman–Crippen LogP) is 3.98. The van der Waals surface area contributed by atoms with Crippen LogP contribution in [0.15, 0.2) is 54.6 Å². The molecule has 5 heteroatoms. The Bertz CT molecular complexity index is 853. The summed E-state index contributed by atoms with van der Waals surface area (Å²) in [5, 5.41) is 0.932. The van der Waals surface area contributed by atoms with E-state index in [1.54, 1.807) is 42.5 Å². The van der Waals surface area contributed by atoms with Gasteiger partial charge in [0.15, 0.2) is 0 Å². The lowest BCUT2D eigenvalue weighted by molar-refractivity contribution is -0.125. The average molecular weight is 338 g/mol. The molecule has 0 saturated carbocycles. The van der Waals surface area contributed by atoms with E-state index in [1.165, 1.54) is 0 Å². The zero-order chi connectivity index (χ0) is 16.9. The minimum atomic E-state index is -0.0583. The first-order valence-electron chi connectivity index (χ1n) is 7.57. The molecule has 0 spiro atoms. The number of ether oxygens (including phenoxy) is 1. The van der Waals surface area contributed by atoms with E-state index in [0.29, 0.717) is 6.54 Å². The molecule has 3 aromatic rings. The fourth-order valence-corrected chi connectivity index (χ4v) is 3.33. The number of benzene rings is 2. The van der Waals surface area contributed by atoms with Gasteiger partial charge in [0.05, 0.1) is 23.9 Å². The topological polar surface area (TPSA) is 42.4 Å². The minimum Gasteiger partial charge on any atom is -0.497 e. The number of nitrogens with zero attached hydrogens (tertiary/aromatic N) is 2. The van der Waals surface area contributed by atoms with Gasteiger partial charge in [0, 0.05) is 13.1 Å². The molecule has 0 fully saturated rings. The lowest BCUT2D eigenvalue weighted by Gasteiger charge is -2.12. The molecule has 0 bridgehead atoms. The summed E-state index contributed by atoms with van der Waals surface area (Å²) < 4.78 is 6.32. The third-order valence-corrected chi connectivity index (χ3v) is 4.62. The van der Waals surface area contributed by atoms with E-state index in [4.69, 9.17) is 4.74 Å². The van der Waals surface area contributed by atoms with Crippen LogP contribution in [0.2, 0.25) is 0 Å². The van der Waals surface area contributed by atoms with E-state index in [0.717, 1.165) is 26.5 Å². The van der Waals surface area contributed by atoms with Crippen LogP contribution in [0, 0.1) is 0 Å². The number of aromatic nitrogens is 1. The van der Waals surface area contributed by atoms with Gasteiger partial charge >= 0.3 is 0 Å². The van der Waals surface area contributed by atoms with Crippen molar-refractivity contribution in [1.29, 1.82) is 0 Å². The van der Waals surface area contributed by atoms with Gasteiger partial charge in [-0.05, 0) is 35.9 Å². The van der Waals surface area contributed by atoms with E-state index >= 15 is 0 Å². The van der Waals surface area contributed by atoms with Crippen LogP contribution in [0.25, 0.3) is 16.3 Å². The van der Waals surface area contributed by atoms with Crippen LogP contribution in [-0.2, 0) is 11.3 Å². The third kappa shape index (κ3) is 3.81. The molecule has 0 aliphatic carbocycles. The molecule has 1 heterocycles. The van der Waals surface area contributed by atoms with Crippen molar-refractivity contribution in [2.24, 2.45) is 0 Å². The van der Waals surface area contributed by atoms with Crippen molar-refractivity contribution in [2.45, 2.75) is 6.54 Å². The second-order valence-corrected chi connectivity index (χ2v) is 6.49. The van der Waals surface area contributed by atoms with Gasteiger partial charge in [-0.2, -0.15) is 0 Å². The highest BCUT2D eigenvalue weighted by molar-refractivity contribution is 7.18. The van der Waals surface area contributed by atoms with Crippen molar-refractivity contribution in [3.63, 3.8) is 0 Å². The summed E-state index contributed by atoms with van der Waals surface area (Å²) in [5.74, 6) is 0.713. The Morgan fingerprint density at radius 1 is 1.25 bits per heavy atom. The molecule has 3 rings (SSSR count). The van der Waals surface area contributed by atoms with Crippen LogP contribution in [0.4, 0.5) is 0 Å². The van der Waals surface area contributed by atoms with Gasteiger partial charge < -0.3 is 9.64 Å². The molecule has 0 aliphatic rings. The van der Waals surface area contributed by atoms with E-state index in [1.807, 2.05) is 48.5 Å². The van der Waals surface area contributed by atoms with Gasteiger partial charge in [0.2, 0.25) is 5.91 Å². The number of amides is 1. The van der Waals surface area contributed by atoms with Crippen molar-refractivity contribution >= 4 is 33.5 Å². The number of fused-ring (bicyclic) bond motifs is 1. The smallest absolute Gasteiger partial charge is 0.246 e. The number of carbonyl (C=O) groups is 1. The molecule has 0 atom stereocenters. The van der Waals surface area contributed by atoms with Gasteiger partial charge in [-0.25, -0.2) is 4.98 Å². The summed E-state index contributed by atoms with van der Waals surface area (Å²) in [6, 6.07) is 15.6. The number of para-hydroxylation sites is 1. The van der Waals surface area contributed by atoms with Crippen LogP contribution < -0.4 is 4.74 Å². The average Bonchev–Trinajstić information content (AvgIpc) is 3.02. The second kappa shape index (κ2) is 7.27. The standard InChI is InChI=1S/C19H18N2O2S/c1-21(13-18-20-16-8-3-4-9-17(16)24-18)19(22)11-10-14-6-5-7-15(12-14)23-2/h3-12H,13H2,1-2H3/b11-10+. The van der Waals surface area contributed by atoms with Gasteiger partial charge in [-0.1, -0.05) is 24.3 Å². The van der Waals surface area contributed by atoms with Crippen molar-refractivity contribution in [3.05, 3.63) is 65.2 Å². The molecule has 0 saturated heterocycles. The summed E-state index contributed by atoms with van der Waals surface area (Å²) in [6.07, 6.45) is 3.36. The molecule has 0 unspecified atom stereocenters. The SMILES string of the molecule is COc1cccc(/C=C/C(=O)N(C)Cc2nc3ccccc3s2)c1. The maximum absolute atomic E-state index is 12.3. The number of hydrogen-bond donors (Lipinski definition) is 0. The van der Waals surface area contributed by atoms with E-state index in [2.05, 4.69) is 4.98 Å². The number of carbonyl (C=O) groups excluding carboxylic acids is 1. The largest absolute Gasteiger partial charge is 0.497 e. The summed E-state index contributed by atoms with van der Waals surface area (Å²) in [6.45, 7) is 0.501. The van der Waals surface area contributed by atoms with E-state index in [9.17, 15) is 4.79 Å². The molecule has 1 amide bonds. The van der Waals surface area contributed by atoms with Gasteiger partial charge in [-0.15, -0.1) is 11.3 Å². The van der Waals surface area contributed by atoms with Crippen molar-refractivity contribution in [2.75, 3.05) is 14.2 Å². The Labute approximate surface area is 145 Å². The monoisotopic (exact) mass is 338 g/mol. The normalized spacial score (nSPS) is 11.1. The molecular formula is C19H18N2O2S. The molecule has 2 aromatic carbocycles. The minimum absolute atomic E-state index is 0.0583. The van der Waals surface area contributed by atoms with E-state index in [-0.39, 0.29) is 5.91 Å². The lowest BCUT2D eigenvalue weighted by atomic mass is 10.2. The fourth-order valence-electron chi connectivity index (χ4n) is 2.31. The van der Waals surface area contributed by atoms with Crippen molar-refractivity contribution in [1.82, 2.24) is 9.88 Å². The Morgan fingerprint density at radius 2 is 2.08 bits per heavy atom. The Hall–Kier alpha value is -2.66. The molecule has 122 valence electrons. The van der Waals surface area contributed by atoms with Crippen molar-refractivity contribution in [3.8, 4) is 5.75 Å². The quantitative estimate of drug-likeness (QED) is 0.661. The lowest BCUT2D eigenvalue weighted by Crippen LogP contribution is -2.23. The maximum Gasteiger partial charge on any atom is 0.246 e. The molecular weight excluding hydrogens is 320 g/mol. The van der Waals surface area contributed by atoms with Gasteiger partial charge in [-0.3, -0.25) is 4.79 Å². The predicted molar refractivity (Wildman–Crippen MR) is 98.1 cm³/mol. The first-order chi connectivity index (χ1) is 11.7. The first kappa shape index (κ1) is 16.2. The Morgan fingerprint density at radius 3 is 2.88 bits per heavy atom. The summed E-state index contributed by atoms with van der Waals surface area (Å²) >= 11 is 1.62. The third-order valence-electron chi connectivity index (χ3n) is 3.60. The molecule has 24 heavy (non-hydrogen) atoms. The summed E-state index contributed by atoms with van der Waals surface area (Å²) in [4.78, 5) is 18.5. The van der Waals surface area contributed by atoms with Crippen LogP contribution in [0.3, 0.4) is 0 Å². The Balaban J connectivity index is 1.66. The maximum atomic E-state index is 12.3. The van der Waals surface area contributed by atoms with Crippen LogP contribution in [-0.4, -0.2) is 29.9 Å². The zero-order valence-corrected chi connectivity index (χ0v) is 14.4. The van der Waals surface area contributed by atoms with Gasteiger partial charge in [0.1, 0.15) is 10.8 Å². The Kier molecular flexibility index (Phi) is 4.91. The number of thiazole rings is 1. The fraction of sp³-hybridized carbons (Fsp3) is 0.158. The highest BCUT2D eigenvalue weighted by Gasteiger charge is 2.09. The molecule has 4 nitrogen and oxygen atoms in total.